The van der Waals surface area contributed by atoms with E-state index in [4.69, 9.17) is 23.1 Å². The van der Waals surface area contributed by atoms with Gasteiger partial charge in [-0.25, -0.2) is 18.6 Å². The van der Waals surface area contributed by atoms with Crippen molar-refractivity contribution in [2.45, 2.75) is 6.04 Å². The predicted octanol–water partition coefficient (Wildman–Crippen LogP) is 1.75. The molecule has 0 aliphatic carbocycles. The van der Waals surface area contributed by atoms with E-state index in [9.17, 15) is 23.5 Å². The first kappa shape index (κ1) is 19.1. The zero-order chi connectivity index (χ0) is 21.0. The summed E-state index contributed by atoms with van der Waals surface area (Å²) in [5.41, 5.74) is 9.63. The van der Waals surface area contributed by atoms with Gasteiger partial charge in [0.25, 0.3) is 0 Å². The number of carbonyl (C=O) groups is 1. The number of carboxylic acid groups (broad SMARTS) is 1. The molecular formula is C18H14ClF2N5O3. The van der Waals surface area contributed by atoms with E-state index in [1.54, 1.807) is 4.90 Å². The summed E-state index contributed by atoms with van der Waals surface area (Å²) in [6.45, 7) is 0.676. The third-order valence-corrected chi connectivity index (χ3v) is 5.05. The van der Waals surface area contributed by atoms with E-state index >= 15 is 0 Å². The number of anilines is 2. The smallest absolute Gasteiger partial charge is 0.341 e. The Labute approximate surface area is 166 Å². The first-order valence-electron chi connectivity index (χ1n) is 8.42. The molecule has 29 heavy (non-hydrogen) atoms. The monoisotopic (exact) mass is 421 g/mol. The molecule has 1 aromatic carbocycles. The predicted molar refractivity (Wildman–Crippen MR) is 104 cm³/mol. The molecule has 1 aliphatic heterocycles. The average molecular weight is 422 g/mol. The third kappa shape index (κ3) is 2.97. The Morgan fingerprint density at radius 3 is 2.59 bits per heavy atom. The number of nitrogens with two attached hydrogens (primary N) is 2. The standard InChI is InChI=1S/C18H14ClF2N5O3/c19-13-14-8(3-11(21)15(13)25-4-7(22)5-25)16(27)9(18(28)29)6-26(14)17-10(20)1-2-12(23)24-17/h1-3,6-7H,4-5,22H2,(H2,23,24)(H,28,29). The van der Waals surface area contributed by atoms with Crippen LogP contribution in [0.5, 0.6) is 0 Å². The summed E-state index contributed by atoms with van der Waals surface area (Å²) in [4.78, 5) is 29.6. The molecule has 3 heterocycles. The van der Waals surface area contributed by atoms with Crippen molar-refractivity contribution in [1.29, 1.82) is 0 Å². The molecule has 5 N–H and O–H groups in total. The van der Waals surface area contributed by atoms with Crippen molar-refractivity contribution in [3.63, 3.8) is 0 Å². The van der Waals surface area contributed by atoms with E-state index in [0.717, 1.165) is 22.9 Å². The van der Waals surface area contributed by atoms with E-state index in [1.807, 2.05) is 0 Å². The van der Waals surface area contributed by atoms with Crippen LogP contribution >= 0.6 is 11.6 Å². The Balaban J connectivity index is 2.14. The lowest BCUT2D eigenvalue weighted by Crippen LogP contribution is -2.56. The highest BCUT2D eigenvalue weighted by Crippen LogP contribution is 2.38. The number of benzene rings is 1. The van der Waals surface area contributed by atoms with Crippen molar-refractivity contribution in [3.05, 3.63) is 56.8 Å². The fourth-order valence-electron chi connectivity index (χ4n) is 3.32. The van der Waals surface area contributed by atoms with Gasteiger partial charge in [0.05, 0.1) is 21.6 Å². The minimum atomic E-state index is -1.57. The van der Waals surface area contributed by atoms with E-state index < -0.39 is 28.6 Å². The lowest BCUT2D eigenvalue weighted by Gasteiger charge is -2.39. The van der Waals surface area contributed by atoms with Gasteiger partial charge in [-0.3, -0.25) is 9.36 Å². The number of aromatic carboxylic acids is 1. The van der Waals surface area contributed by atoms with Gasteiger partial charge < -0.3 is 21.5 Å². The second-order valence-corrected chi connectivity index (χ2v) is 7.05. The van der Waals surface area contributed by atoms with Gasteiger partial charge in [-0.15, -0.1) is 0 Å². The molecule has 1 saturated heterocycles. The Hall–Kier alpha value is -3.24. The molecule has 0 spiro atoms. The highest BCUT2D eigenvalue weighted by atomic mass is 35.5. The van der Waals surface area contributed by atoms with Gasteiger partial charge in [-0.05, 0) is 18.2 Å². The molecule has 3 aromatic rings. The van der Waals surface area contributed by atoms with Gasteiger partial charge in [0, 0.05) is 25.3 Å². The number of aromatic nitrogens is 2. The maximum absolute atomic E-state index is 14.8. The number of pyridine rings is 2. The van der Waals surface area contributed by atoms with Crippen molar-refractivity contribution in [2.24, 2.45) is 5.73 Å². The van der Waals surface area contributed by atoms with Crippen molar-refractivity contribution in [2.75, 3.05) is 23.7 Å². The molecule has 1 aliphatic rings. The lowest BCUT2D eigenvalue weighted by atomic mass is 10.1. The van der Waals surface area contributed by atoms with Gasteiger partial charge in [0.15, 0.2) is 11.6 Å². The molecule has 2 aromatic heterocycles. The van der Waals surface area contributed by atoms with Crippen LogP contribution < -0.4 is 21.8 Å². The Morgan fingerprint density at radius 1 is 1.28 bits per heavy atom. The van der Waals surface area contributed by atoms with Gasteiger partial charge in [0.2, 0.25) is 5.43 Å². The highest BCUT2D eigenvalue weighted by Gasteiger charge is 2.30. The maximum atomic E-state index is 14.8. The van der Waals surface area contributed by atoms with Gasteiger partial charge in [-0.1, -0.05) is 11.6 Å². The molecule has 0 bridgehead atoms. The first-order valence-corrected chi connectivity index (χ1v) is 8.80. The van der Waals surface area contributed by atoms with Crippen LogP contribution in [0.25, 0.3) is 16.7 Å². The van der Waals surface area contributed by atoms with E-state index in [-0.39, 0.29) is 39.3 Å². The van der Waals surface area contributed by atoms with Gasteiger partial charge in [0.1, 0.15) is 17.2 Å². The van der Waals surface area contributed by atoms with Crippen LogP contribution in [0.15, 0.2) is 29.2 Å². The van der Waals surface area contributed by atoms with Crippen LogP contribution in [0.4, 0.5) is 20.3 Å². The van der Waals surface area contributed by atoms with E-state index in [1.165, 1.54) is 6.07 Å². The average Bonchev–Trinajstić information content (AvgIpc) is 2.63. The molecular weight excluding hydrogens is 408 g/mol. The summed E-state index contributed by atoms with van der Waals surface area (Å²) in [5.74, 6) is -3.64. The number of carboxylic acids is 1. The third-order valence-electron chi connectivity index (χ3n) is 4.69. The zero-order valence-corrected chi connectivity index (χ0v) is 15.5. The second kappa shape index (κ2) is 6.68. The molecule has 0 amide bonds. The first-order chi connectivity index (χ1) is 13.7. The van der Waals surface area contributed by atoms with Crippen molar-refractivity contribution >= 4 is 40.0 Å². The van der Waals surface area contributed by atoms with Crippen LogP contribution in [0, 0.1) is 11.6 Å². The van der Waals surface area contributed by atoms with Crippen LogP contribution in [0.2, 0.25) is 5.02 Å². The molecule has 0 radical (unpaired) electrons. The van der Waals surface area contributed by atoms with Crippen LogP contribution in [-0.2, 0) is 0 Å². The van der Waals surface area contributed by atoms with Crippen LogP contribution in [0.1, 0.15) is 10.4 Å². The number of hydrogen-bond donors (Lipinski definition) is 3. The number of fused-ring (bicyclic) bond motifs is 1. The fraction of sp³-hybridized carbons (Fsp3) is 0.167. The molecule has 11 heteroatoms. The number of nitrogen functional groups attached to an aromatic ring is 1. The minimum Gasteiger partial charge on any atom is -0.477 e. The molecule has 4 rings (SSSR count). The van der Waals surface area contributed by atoms with Crippen molar-refractivity contribution in [1.82, 2.24) is 9.55 Å². The number of hydrogen-bond acceptors (Lipinski definition) is 6. The maximum Gasteiger partial charge on any atom is 0.341 e. The van der Waals surface area contributed by atoms with Gasteiger partial charge >= 0.3 is 5.97 Å². The molecule has 0 atom stereocenters. The van der Waals surface area contributed by atoms with E-state index in [0.29, 0.717) is 13.1 Å². The number of nitrogens with zero attached hydrogens (tertiary/aromatic N) is 3. The molecule has 0 unspecified atom stereocenters. The van der Waals surface area contributed by atoms with Gasteiger partial charge in [-0.2, -0.15) is 0 Å². The fourth-order valence-corrected chi connectivity index (χ4v) is 3.73. The number of rotatable bonds is 3. The van der Waals surface area contributed by atoms with Crippen LogP contribution in [0.3, 0.4) is 0 Å². The second-order valence-electron chi connectivity index (χ2n) is 6.67. The summed E-state index contributed by atoms with van der Waals surface area (Å²) >= 11 is 6.44. The highest BCUT2D eigenvalue weighted by molar-refractivity contribution is 6.38. The Bertz CT molecular complexity index is 1240. The molecule has 8 nitrogen and oxygen atoms in total. The lowest BCUT2D eigenvalue weighted by molar-refractivity contribution is 0.0695. The van der Waals surface area contributed by atoms with Crippen LogP contribution in [-0.4, -0.2) is 39.8 Å². The molecule has 1 fully saturated rings. The topological polar surface area (TPSA) is 127 Å². The summed E-state index contributed by atoms with van der Waals surface area (Å²) in [6, 6.07) is 2.98. The molecule has 150 valence electrons. The zero-order valence-electron chi connectivity index (χ0n) is 14.7. The van der Waals surface area contributed by atoms with Crippen molar-refractivity contribution in [3.8, 4) is 5.82 Å². The van der Waals surface area contributed by atoms with Crippen molar-refractivity contribution < 1.29 is 18.7 Å². The Morgan fingerprint density at radius 2 is 1.97 bits per heavy atom. The quantitative estimate of drug-likeness (QED) is 0.587. The minimum absolute atomic E-state index is 0.0126. The summed E-state index contributed by atoms with van der Waals surface area (Å²) in [7, 11) is 0. The summed E-state index contributed by atoms with van der Waals surface area (Å²) in [5, 5.41) is 8.86. The summed E-state index contributed by atoms with van der Waals surface area (Å²) < 4.78 is 30.3. The summed E-state index contributed by atoms with van der Waals surface area (Å²) in [6.07, 6.45) is 0.896. The Kier molecular flexibility index (Phi) is 4.39. The number of halogens is 3. The van der Waals surface area contributed by atoms with E-state index in [2.05, 4.69) is 4.98 Å². The normalized spacial score (nSPS) is 14.3. The SMILES string of the molecule is Nc1ccc(F)c(-n2cc(C(=O)O)c(=O)c3cc(F)c(N4CC(N)C4)c(Cl)c32)n1. The largest absolute Gasteiger partial charge is 0.477 e. The molecule has 0 saturated carbocycles.